The molecule has 3 N–H and O–H groups in total. The van der Waals surface area contributed by atoms with Crippen LogP contribution >= 0.6 is 11.6 Å². The van der Waals surface area contributed by atoms with Gasteiger partial charge in [0, 0.05) is 19.5 Å². The number of aromatic nitrogens is 2. The molecule has 0 radical (unpaired) electrons. The number of nitrogens with zero attached hydrogens (tertiary/aromatic N) is 2. The van der Waals surface area contributed by atoms with Crippen molar-refractivity contribution in [1.29, 1.82) is 0 Å². The molecule has 5 heteroatoms. The van der Waals surface area contributed by atoms with Gasteiger partial charge in [-0.3, -0.25) is 16.0 Å². The lowest BCUT2D eigenvalue weighted by molar-refractivity contribution is 0.0974. The molecule has 1 saturated carbocycles. The van der Waals surface area contributed by atoms with Crippen molar-refractivity contribution in [2.24, 2.45) is 24.2 Å². The predicted molar refractivity (Wildman–Crippen MR) is 83.5 cm³/mol. The van der Waals surface area contributed by atoms with E-state index < -0.39 is 0 Å². The van der Waals surface area contributed by atoms with Crippen LogP contribution in [-0.2, 0) is 13.5 Å². The van der Waals surface area contributed by atoms with Crippen LogP contribution in [0, 0.1) is 18.3 Å². The maximum atomic E-state index is 6.37. The first-order valence-corrected chi connectivity index (χ1v) is 7.88. The molecule has 1 aromatic rings. The van der Waals surface area contributed by atoms with E-state index in [-0.39, 0.29) is 6.04 Å². The van der Waals surface area contributed by atoms with Crippen molar-refractivity contribution in [1.82, 2.24) is 15.2 Å². The van der Waals surface area contributed by atoms with Gasteiger partial charge in [-0.05, 0) is 31.1 Å². The summed E-state index contributed by atoms with van der Waals surface area (Å²) in [4.78, 5) is 0. The Morgan fingerprint density at radius 2 is 2.20 bits per heavy atom. The normalized spacial score (nSPS) is 23.8. The summed E-state index contributed by atoms with van der Waals surface area (Å²) in [7, 11) is 1.95. The summed E-state index contributed by atoms with van der Waals surface area (Å²) in [6, 6.07) is 0.248. The molecule has 2 unspecified atom stereocenters. The lowest BCUT2D eigenvalue weighted by Gasteiger charge is -2.43. The van der Waals surface area contributed by atoms with Crippen molar-refractivity contribution in [3.63, 3.8) is 0 Å². The minimum atomic E-state index is 0.248. The zero-order valence-electron chi connectivity index (χ0n) is 13.0. The topological polar surface area (TPSA) is 55.9 Å². The van der Waals surface area contributed by atoms with E-state index in [9.17, 15) is 0 Å². The lowest BCUT2D eigenvalue weighted by Crippen LogP contribution is -2.49. The molecule has 1 fully saturated rings. The number of rotatable bonds is 4. The molecule has 20 heavy (non-hydrogen) atoms. The molecular weight excluding hydrogens is 272 g/mol. The van der Waals surface area contributed by atoms with E-state index in [0.717, 1.165) is 22.8 Å². The Balaban J connectivity index is 2.20. The Morgan fingerprint density at radius 1 is 1.50 bits per heavy atom. The number of hydrogen-bond donors (Lipinski definition) is 2. The van der Waals surface area contributed by atoms with Gasteiger partial charge in [-0.2, -0.15) is 5.10 Å². The van der Waals surface area contributed by atoms with E-state index in [0.29, 0.717) is 11.3 Å². The average Bonchev–Trinajstić information content (AvgIpc) is 2.62. The molecular formula is C15H27ClN4. The molecule has 2 atom stereocenters. The van der Waals surface area contributed by atoms with Crippen molar-refractivity contribution < 1.29 is 0 Å². The molecule has 0 aromatic carbocycles. The third-order valence-electron chi connectivity index (χ3n) is 4.96. The molecule has 0 bridgehead atoms. The molecule has 1 heterocycles. The SMILES string of the molecule is Cc1nn(C)c(CC(NN)C2CCCCC2(C)C)c1Cl. The zero-order chi connectivity index (χ0) is 14.9. The van der Waals surface area contributed by atoms with Crippen LogP contribution < -0.4 is 11.3 Å². The van der Waals surface area contributed by atoms with Gasteiger partial charge in [-0.15, -0.1) is 0 Å². The Morgan fingerprint density at radius 3 is 2.70 bits per heavy atom. The molecule has 1 aliphatic carbocycles. The van der Waals surface area contributed by atoms with Crippen LogP contribution in [0.5, 0.6) is 0 Å². The molecule has 1 aromatic heterocycles. The lowest BCUT2D eigenvalue weighted by atomic mass is 9.65. The van der Waals surface area contributed by atoms with Crippen LogP contribution in [0.3, 0.4) is 0 Å². The number of halogens is 1. The molecule has 114 valence electrons. The maximum Gasteiger partial charge on any atom is 0.0847 e. The monoisotopic (exact) mass is 298 g/mol. The van der Waals surface area contributed by atoms with Gasteiger partial charge in [-0.1, -0.05) is 38.3 Å². The van der Waals surface area contributed by atoms with Gasteiger partial charge in [-0.25, -0.2) is 0 Å². The van der Waals surface area contributed by atoms with E-state index in [1.807, 2.05) is 18.7 Å². The first-order chi connectivity index (χ1) is 9.36. The van der Waals surface area contributed by atoms with Crippen LogP contribution in [0.1, 0.15) is 50.9 Å². The Kier molecular flexibility index (Phi) is 4.77. The van der Waals surface area contributed by atoms with Gasteiger partial charge in [0.05, 0.1) is 16.4 Å². The van der Waals surface area contributed by atoms with E-state index in [1.54, 1.807) is 0 Å². The second-order valence-corrected chi connectivity index (χ2v) is 7.17. The zero-order valence-corrected chi connectivity index (χ0v) is 13.8. The predicted octanol–water partition coefficient (Wildman–Crippen LogP) is 2.97. The molecule has 0 aliphatic heterocycles. The summed E-state index contributed by atoms with van der Waals surface area (Å²) < 4.78 is 1.89. The van der Waals surface area contributed by atoms with Crippen molar-refractivity contribution in [3.8, 4) is 0 Å². The first-order valence-electron chi connectivity index (χ1n) is 7.51. The maximum absolute atomic E-state index is 6.37. The van der Waals surface area contributed by atoms with Gasteiger partial charge in [0.2, 0.25) is 0 Å². The molecule has 0 spiro atoms. The molecule has 0 amide bonds. The summed E-state index contributed by atoms with van der Waals surface area (Å²) in [5.74, 6) is 6.43. The van der Waals surface area contributed by atoms with E-state index >= 15 is 0 Å². The summed E-state index contributed by atoms with van der Waals surface area (Å²) in [5, 5.41) is 5.17. The molecule has 0 saturated heterocycles. The van der Waals surface area contributed by atoms with Crippen LogP contribution in [0.25, 0.3) is 0 Å². The van der Waals surface area contributed by atoms with Gasteiger partial charge >= 0.3 is 0 Å². The number of aryl methyl sites for hydroxylation is 2. The van der Waals surface area contributed by atoms with E-state index in [4.69, 9.17) is 17.4 Å². The van der Waals surface area contributed by atoms with E-state index in [1.165, 1.54) is 25.7 Å². The van der Waals surface area contributed by atoms with E-state index in [2.05, 4.69) is 24.4 Å². The highest BCUT2D eigenvalue weighted by atomic mass is 35.5. The quantitative estimate of drug-likeness (QED) is 0.664. The second-order valence-electron chi connectivity index (χ2n) is 6.79. The highest BCUT2D eigenvalue weighted by molar-refractivity contribution is 6.31. The average molecular weight is 299 g/mol. The van der Waals surface area contributed by atoms with Gasteiger partial charge < -0.3 is 0 Å². The third kappa shape index (κ3) is 3.02. The number of hydrazine groups is 1. The minimum absolute atomic E-state index is 0.248. The summed E-state index contributed by atoms with van der Waals surface area (Å²) in [6.07, 6.45) is 5.96. The largest absolute Gasteiger partial charge is 0.271 e. The van der Waals surface area contributed by atoms with Crippen LogP contribution in [-0.4, -0.2) is 15.8 Å². The second kappa shape index (κ2) is 6.04. The minimum Gasteiger partial charge on any atom is -0.271 e. The summed E-state index contributed by atoms with van der Waals surface area (Å²) >= 11 is 6.37. The fraction of sp³-hybridized carbons (Fsp3) is 0.800. The Labute approximate surface area is 127 Å². The smallest absolute Gasteiger partial charge is 0.0847 e. The van der Waals surface area contributed by atoms with Gasteiger partial charge in [0.25, 0.3) is 0 Å². The first kappa shape index (κ1) is 15.8. The summed E-state index contributed by atoms with van der Waals surface area (Å²) in [6.45, 7) is 6.66. The summed E-state index contributed by atoms with van der Waals surface area (Å²) in [5.41, 5.74) is 5.34. The Bertz CT molecular complexity index is 467. The fourth-order valence-electron chi connectivity index (χ4n) is 3.69. The molecule has 2 rings (SSSR count). The highest BCUT2D eigenvalue weighted by Gasteiger charge is 2.37. The van der Waals surface area contributed by atoms with Crippen LogP contribution in [0.2, 0.25) is 5.02 Å². The number of nitrogens with two attached hydrogens (primary N) is 1. The standard InChI is InChI=1S/C15H27ClN4/c1-10-14(16)13(20(4)19-10)9-12(18-17)11-7-5-6-8-15(11,2)3/h11-12,18H,5-9,17H2,1-4H3. The molecule has 1 aliphatic rings. The molecule has 4 nitrogen and oxygen atoms in total. The van der Waals surface area contributed by atoms with Crippen molar-refractivity contribution >= 4 is 11.6 Å². The van der Waals surface area contributed by atoms with Gasteiger partial charge in [0.15, 0.2) is 0 Å². The fourth-order valence-corrected chi connectivity index (χ4v) is 3.93. The Hall–Kier alpha value is -0.580. The number of nitrogens with one attached hydrogen (secondary N) is 1. The highest BCUT2D eigenvalue weighted by Crippen LogP contribution is 2.43. The third-order valence-corrected chi connectivity index (χ3v) is 5.46. The van der Waals surface area contributed by atoms with Crippen LogP contribution in [0.4, 0.5) is 0 Å². The van der Waals surface area contributed by atoms with Crippen molar-refractivity contribution in [3.05, 3.63) is 16.4 Å². The van der Waals surface area contributed by atoms with Crippen molar-refractivity contribution in [2.75, 3.05) is 0 Å². The van der Waals surface area contributed by atoms with Gasteiger partial charge in [0.1, 0.15) is 0 Å². The number of hydrogen-bond acceptors (Lipinski definition) is 3. The van der Waals surface area contributed by atoms with Crippen LogP contribution in [0.15, 0.2) is 0 Å². The van der Waals surface area contributed by atoms with Crippen molar-refractivity contribution in [2.45, 2.75) is 58.9 Å².